The molecule has 0 radical (unpaired) electrons. The summed E-state index contributed by atoms with van der Waals surface area (Å²) in [5.74, 6) is -0.114. The Bertz CT molecular complexity index is 704. The normalized spacial score (nSPS) is 17.2. The van der Waals surface area contributed by atoms with Crippen LogP contribution in [0.2, 0.25) is 0 Å². The highest BCUT2D eigenvalue weighted by Crippen LogP contribution is 2.27. The van der Waals surface area contributed by atoms with E-state index in [9.17, 15) is 4.79 Å². The molecule has 23 heavy (non-hydrogen) atoms. The number of ether oxygens (including phenoxy) is 1. The van der Waals surface area contributed by atoms with Crippen LogP contribution in [0.3, 0.4) is 0 Å². The minimum absolute atomic E-state index is 0.114. The van der Waals surface area contributed by atoms with Crippen LogP contribution < -0.4 is 15.5 Å². The zero-order valence-corrected chi connectivity index (χ0v) is 13.7. The van der Waals surface area contributed by atoms with E-state index in [0.29, 0.717) is 35.6 Å². The lowest BCUT2D eigenvalue weighted by Crippen LogP contribution is -2.51. The van der Waals surface area contributed by atoms with Crippen molar-refractivity contribution in [3.63, 3.8) is 0 Å². The van der Waals surface area contributed by atoms with E-state index in [0.717, 1.165) is 13.1 Å². The lowest BCUT2D eigenvalue weighted by atomic mass is 9.91. The first kappa shape index (κ1) is 15.8. The molecule has 1 fully saturated rings. The molecule has 0 spiro atoms. The average molecular weight is 318 g/mol. The number of nitrogens with zero attached hydrogens (tertiary/aromatic N) is 2. The van der Waals surface area contributed by atoms with Gasteiger partial charge in [-0.1, -0.05) is 0 Å². The highest BCUT2D eigenvalue weighted by atomic mass is 16.5. The number of nitrogens with one attached hydrogen (secondary N) is 2. The Morgan fingerprint density at radius 3 is 2.78 bits per heavy atom. The first-order valence-corrected chi connectivity index (χ1v) is 7.69. The summed E-state index contributed by atoms with van der Waals surface area (Å²) in [4.78, 5) is 18.8. The summed E-state index contributed by atoms with van der Waals surface area (Å²) in [5, 5.41) is 6.19. The molecule has 0 bridgehead atoms. The van der Waals surface area contributed by atoms with Gasteiger partial charge in [0.15, 0.2) is 5.58 Å². The van der Waals surface area contributed by atoms with Crippen LogP contribution in [0.15, 0.2) is 22.6 Å². The molecule has 2 aromatic rings. The maximum atomic E-state index is 12.7. The van der Waals surface area contributed by atoms with E-state index in [2.05, 4.69) is 15.6 Å². The summed E-state index contributed by atoms with van der Waals surface area (Å²) in [7, 11) is 5.33. The van der Waals surface area contributed by atoms with Gasteiger partial charge in [-0.3, -0.25) is 4.79 Å². The van der Waals surface area contributed by atoms with Crippen molar-refractivity contribution in [1.29, 1.82) is 0 Å². The standard InChI is InChI=1S/C16H22N4O3/c1-20(2)15-19-12-10-11(4-5-13(12)23-15)18-14(21)16(22-3)6-8-17-9-7-16/h4-5,10,17H,6-9H2,1-3H3,(H,18,21). The van der Waals surface area contributed by atoms with Crippen LogP contribution >= 0.6 is 0 Å². The van der Waals surface area contributed by atoms with Gasteiger partial charge in [0.1, 0.15) is 11.1 Å². The van der Waals surface area contributed by atoms with Gasteiger partial charge in [-0.05, 0) is 44.1 Å². The van der Waals surface area contributed by atoms with Crippen molar-refractivity contribution in [3.05, 3.63) is 18.2 Å². The Morgan fingerprint density at radius 2 is 2.13 bits per heavy atom. The fourth-order valence-corrected chi connectivity index (χ4v) is 2.78. The van der Waals surface area contributed by atoms with Gasteiger partial charge in [-0.2, -0.15) is 4.98 Å². The Labute approximate surface area is 135 Å². The van der Waals surface area contributed by atoms with Gasteiger partial charge >= 0.3 is 0 Å². The molecular weight excluding hydrogens is 296 g/mol. The second kappa shape index (κ2) is 6.17. The molecule has 7 heteroatoms. The summed E-state index contributed by atoms with van der Waals surface area (Å²) in [6.45, 7) is 1.55. The van der Waals surface area contributed by atoms with Crippen LogP contribution in [0.5, 0.6) is 0 Å². The largest absolute Gasteiger partial charge is 0.423 e. The third-order valence-electron chi connectivity index (χ3n) is 4.23. The van der Waals surface area contributed by atoms with E-state index in [1.807, 2.05) is 32.3 Å². The van der Waals surface area contributed by atoms with Crippen LogP contribution in [-0.4, -0.2) is 50.8 Å². The quantitative estimate of drug-likeness (QED) is 0.891. The van der Waals surface area contributed by atoms with Gasteiger partial charge in [0.2, 0.25) is 0 Å². The fourth-order valence-electron chi connectivity index (χ4n) is 2.78. The van der Waals surface area contributed by atoms with Crippen molar-refractivity contribution in [1.82, 2.24) is 10.3 Å². The third-order valence-corrected chi connectivity index (χ3v) is 4.23. The van der Waals surface area contributed by atoms with Gasteiger partial charge < -0.3 is 24.7 Å². The fraction of sp³-hybridized carbons (Fsp3) is 0.500. The topological polar surface area (TPSA) is 79.6 Å². The number of aromatic nitrogens is 1. The highest BCUT2D eigenvalue weighted by Gasteiger charge is 2.39. The second-order valence-electron chi connectivity index (χ2n) is 5.98. The van der Waals surface area contributed by atoms with E-state index in [4.69, 9.17) is 9.15 Å². The Hall–Kier alpha value is -2.12. The molecule has 0 atom stereocenters. The number of carbonyl (C=O) groups is 1. The van der Waals surface area contributed by atoms with Crippen molar-refractivity contribution in [2.75, 3.05) is 44.5 Å². The van der Waals surface area contributed by atoms with Crippen LogP contribution in [0, 0.1) is 0 Å². The SMILES string of the molecule is COC1(C(=O)Nc2ccc3oc(N(C)C)nc3c2)CCNCC1. The summed E-state index contributed by atoms with van der Waals surface area (Å²) in [6, 6.07) is 5.98. The summed E-state index contributed by atoms with van der Waals surface area (Å²) in [6.07, 6.45) is 1.32. The number of fused-ring (bicyclic) bond motifs is 1. The molecule has 1 aliphatic rings. The maximum absolute atomic E-state index is 12.7. The number of benzene rings is 1. The molecule has 7 nitrogen and oxygen atoms in total. The third kappa shape index (κ3) is 3.02. The van der Waals surface area contributed by atoms with Gasteiger partial charge in [-0.25, -0.2) is 0 Å². The lowest BCUT2D eigenvalue weighted by Gasteiger charge is -2.34. The molecule has 1 amide bonds. The number of rotatable bonds is 4. The first-order chi connectivity index (χ1) is 11.0. The van der Waals surface area contributed by atoms with Gasteiger partial charge in [0.05, 0.1) is 0 Å². The Balaban J connectivity index is 1.81. The van der Waals surface area contributed by atoms with Crippen LogP contribution in [0.4, 0.5) is 11.7 Å². The smallest absolute Gasteiger partial charge is 0.297 e. The minimum Gasteiger partial charge on any atom is -0.423 e. The van der Waals surface area contributed by atoms with E-state index in [1.165, 1.54) is 0 Å². The summed E-state index contributed by atoms with van der Waals surface area (Å²) in [5.41, 5.74) is 1.33. The Morgan fingerprint density at radius 1 is 1.39 bits per heavy atom. The van der Waals surface area contributed by atoms with Crippen molar-refractivity contribution in [2.45, 2.75) is 18.4 Å². The molecule has 2 heterocycles. The molecule has 1 saturated heterocycles. The number of carbonyl (C=O) groups excluding carboxylic acids is 1. The van der Waals surface area contributed by atoms with Crippen LogP contribution in [-0.2, 0) is 9.53 Å². The van der Waals surface area contributed by atoms with E-state index in [-0.39, 0.29) is 5.91 Å². The van der Waals surface area contributed by atoms with Gasteiger partial charge in [-0.15, -0.1) is 0 Å². The predicted octanol–water partition coefficient (Wildman–Crippen LogP) is 1.60. The summed E-state index contributed by atoms with van der Waals surface area (Å²) >= 11 is 0. The number of piperidine rings is 1. The van der Waals surface area contributed by atoms with Crippen LogP contribution in [0.1, 0.15) is 12.8 Å². The second-order valence-corrected chi connectivity index (χ2v) is 5.98. The minimum atomic E-state index is -0.765. The zero-order valence-electron chi connectivity index (χ0n) is 13.7. The van der Waals surface area contributed by atoms with Crippen molar-refractivity contribution < 1.29 is 13.9 Å². The van der Waals surface area contributed by atoms with Crippen LogP contribution in [0.25, 0.3) is 11.1 Å². The molecule has 2 N–H and O–H groups in total. The van der Waals surface area contributed by atoms with Gasteiger partial charge in [0, 0.05) is 26.9 Å². The van der Waals surface area contributed by atoms with Crippen molar-refractivity contribution in [3.8, 4) is 0 Å². The molecule has 1 aromatic carbocycles. The first-order valence-electron chi connectivity index (χ1n) is 7.69. The van der Waals surface area contributed by atoms with E-state index >= 15 is 0 Å². The van der Waals surface area contributed by atoms with Crippen molar-refractivity contribution >= 4 is 28.7 Å². The predicted molar refractivity (Wildman–Crippen MR) is 88.8 cm³/mol. The molecule has 0 aliphatic carbocycles. The molecule has 3 rings (SSSR count). The number of anilines is 2. The number of amides is 1. The highest BCUT2D eigenvalue weighted by molar-refractivity contribution is 5.98. The van der Waals surface area contributed by atoms with Crippen molar-refractivity contribution in [2.24, 2.45) is 0 Å². The maximum Gasteiger partial charge on any atom is 0.297 e. The average Bonchev–Trinajstić information content (AvgIpc) is 2.99. The number of hydrogen-bond acceptors (Lipinski definition) is 6. The van der Waals surface area contributed by atoms with Gasteiger partial charge in [0.25, 0.3) is 11.9 Å². The molecular formula is C16H22N4O3. The number of hydrogen-bond donors (Lipinski definition) is 2. The molecule has 124 valence electrons. The zero-order chi connectivity index (χ0) is 16.4. The summed E-state index contributed by atoms with van der Waals surface area (Å²) < 4.78 is 11.2. The number of oxazole rings is 1. The van der Waals surface area contributed by atoms with E-state index < -0.39 is 5.60 Å². The molecule has 1 aromatic heterocycles. The Kier molecular flexibility index (Phi) is 4.23. The molecule has 1 aliphatic heterocycles. The van der Waals surface area contributed by atoms with E-state index in [1.54, 1.807) is 12.0 Å². The molecule has 0 saturated carbocycles. The number of methoxy groups -OCH3 is 1. The lowest BCUT2D eigenvalue weighted by molar-refractivity contribution is -0.140. The molecule has 0 unspecified atom stereocenters. The monoisotopic (exact) mass is 318 g/mol.